The molecule has 0 aromatic carbocycles. The Kier molecular flexibility index (Phi) is 1.30. The molecule has 0 heteroatoms. The molecule has 4 aliphatic rings. The van der Waals surface area contributed by atoms with Crippen molar-refractivity contribution in [2.45, 2.75) is 58.3 Å². The fourth-order valence-corrected chi connectivity index (χ4v) is 5.66. The molecule has 4 rings (SSSR count). The van der Waals surface area contributed by atoms with Gasteiger partial charge in [0.05, 0.1) is 0 Å². The largest absolute Gasteiger partial charge is 0.0591 e. The summed E-state index contributed by atoms with van der Waals surface area (Å²) in [5, 5.41) is 0. The van der Waals surface area contributed by atoms with Crippen LogP contribution in [-0.4, -0.2) is 0 Å². The monoisotopic (exact) mass is 190 g/mol. The van der Waals surface area contributed by atoms with Crippen LogP contribution in [0.5, 0.6) is 0 Å². The molecule has 4 saturated carbocycles. The Hall–Kier alpha value is 0. The zero-order chi connectivity index (χ0) is 9.39. The number of hydrogen-bond donors (Lipinski definition) is 0. The highest BCUT2D eigenvalue weighted by atomic mass is 14.9. The van der Waals surface area contributed by atoms with Crippen LogP contribution >= 0.6 is 0 Å². The molecule has 0 nitrogen and oxygen atoms in total. The van der Waals surface area contributed by atoms with Crippen LogP contribution in [0.4, 0.5) is 0 Å². The molecule has 0 bridgehead atoms. The fraction of sp³-hybridized carbons (Fsp3) is 1.00. The van der Waals surface area contributed by atoms with E-state index in [4.69, 9.17) is 0 Å². The lowest BCUT2D eigenvalue weighted by Crippen LogP contribution is -2.07. The second-order valence-electron chi connectivity index (χ2n) is 6.88. The Bertz CT molecular complexity index is 282. The number of fused-ring (bicyclic) bond motifs is 3. The number of rotatable bonds is 0. The summed E-state index contributed by atoms with van der Waals surface area (Å²) in [5.41, 5.74) is 1.77. The first kappa shape index (κ1) is 8.19. The van der Waals surface area contributed by atoms with Crippen molar-refractivity contribution in [2.75, 3.05) is 0 Å². The van der Waals surface area contributed by atoms with Crippen molar-refractivity contribution in [3.63, 3.8) is 0 Å². The van der Waals surface area contributed by atoms with Crippen LogP contribution in [0.2, 0.25) is 0 Å². The third-order valence-corrected chi connectivity index (χ3v) is 6.35. The average Bonchev–Trinajstić information content (AvgIpc) is 2.91. The zero-order valence-electron chi connectivity index (χ0n) is 9.39. The third kappa shape index (κ3) is 0.750. The number of hydrogen-bond acceptors (Lipinski definition) is 0. The van der Waals surface area contributed by atoms with E-state index in [1.54, 1.807) is 38.5 Å². The van der Waals surface area contributed by atoms with Gasteiger partial charge in [-0.05, 0) is 54.3 Å². The van der Waals surface area contributed by atoms with Crippen LogP contribution < -0.4 is 0 Å². The predicted octanol–water partition coefficient (Wildman–Crippen LogP) is 4.00. The van der Waals surface area contributed by atoms with E-state index in [1.165, 1.54) is 30.6 Å². The first-order chi connectivity index (χ1) is 6.77. The molecule has 1 unspecified atom stereocenters. The summed E-state index contributed by atoms with van der Waals surface area (Å²) in [5.74, 6) is 3.55. The molecule has 0 radical (unpaired) electrons. The minimum atomic E-state index is 0.856. The van der Waals surface area contributed by atoms with Gasteiger partial charge in [0, 0.05) is 0 Å². The van der Waals surface area contributed by atoms with E-state index in [0.29, 0.717) is 0 Å². The van der Waals surface area contributed by atoms with Gasteiger partial charge in [-0.15, -0.1) is 0 Å². The van der Waals surface area contributed by atoms with Gasteiger partial charge in [0.15, 0.2) is 0 Å². The van der Waals surface area contributed by atoms with E-state index in [2.05, 4.69) is 6.92 Å². The molecule has 0 saturated heterocycles. The van der Waals surface area contributed by atoms with Crippen LogP contribution in [-0.2, 0) is 0 Å². The fourth-order valence-electron chi connectivity index (χ4n) is 5.66. The standard InChI is InChI=1S/C14H22/c1-13-8-10(13)9-14-7-5-3-2-4-6-11(14)12(13)14/h10-12H,2-9H2,1H3/t10-,11+,12-,13-,14?/m1/s1. The molecule has 0 heterocycles. The van der Waals surface area contributed by atoms with Crippen molar-refractivity contribution in [3.8, 4) is 0 Å². The maximum absolute atomic E-state index is 2.60. The van der Waals surface area contributed by atoms with Crippen molar-refractivity contribution >= 4 is 0 Å². The van der Waals surface area contributed by atoms with E-state index in [-0.39, 0.29) is 0 Å². The van der Waals surface area contributed by atoms with Gasteiger partial charge in [-0.25, -0.2) is 0 Å². The normalized spacial score (nSPS) is 64.5. The minimum Gasteiger partial charge on any atom is -0.0591 e. The van der Waals surface area contributed by atoms with Gasteiger partial charge in [-0.1, -0.05) is 32.6 Å². The van der Waals surface area contributed by atoms with Crippen LogP contribution in [0, 0.1) is 28.6 Å². The first-order valence-electron chi connectivity index (χ1n) is 6.77. The summed E-state index contributed by atoms with van der Waals surface area (Å²) in [7, 11) is 0. The Morgan fingerprint density at radius 1 is 1.00 bits per heavy atom. The molecule has 5 atom stereocenters. The molecule has 0 N–H and O–H groups in total. The molecule has 0 aromatic heterocycles. The summed E-state index contributed by atoms with van der Waals surface area (Å²) >= 11 is 0. The Balaban J connectivity index is 1.63. The highest BCUT2D eigenvalue weighted by molar-refractivity contribution is 5.29. The van der Waals surface area contributed by atoms with Gasteiger partial charge in [-0.3, -0.25) is 0 Å². The van der Waals surface area contributed by atoms with Crippen molar-refractivity contribution in [2.24, 2.45) is 28.6 Å². The molecule has 78 valence electrons. The van der Waals surface area contributed by atoms with E-state index in [0.717, 1.165) is 10.8 Å². The summed E-state index contributed by atoms with van der Waals surface area (Å²) in [6, 6.07) is 0. The highest BCUT2D eigenvalue weighted by Gasteiger charge is 2.81. The summed E-state index contributed by atoms with van der Waals surface area (Å²) in [6.45, 7) is 2.60. The van der Waals surface area contributed by atoms with Crippen molar-refractivity contribution in [3.05, 3.63) is 0 Å². The van der Waals surface area contributed by atoms with Crippen molar-refractivity contribution in [1.29, 1.82) is 0 Å². The van der Waals surface area contributed by atoms with Crippen molar-refractivity contribution < 1.29 is 0 Å². The van der Waals surface area contributed by atoms with Gasteiger partial charge in [-0.2, -0.15) is 0 Å². The quantitative estimate of drug-likeness (QED) is 0.541. The van der Waals surface area contributed by atoms with Gasteiger partial charge in [0.2, 0.25) is 0 Å². The van der Waals surface area contributed by atoms with E-state index in [9.17, 15) is 0 Å². The Morgan fingerprint density at radius 2 is 1.86 bits per heavy atom. The topological polar surface area (TPSA) is 0 Å². The third-order valence-electron chi connectivity index (χ3n) is 6.35. The molecular formula is C14H22. The van der Waals surface area contributed by atoms with Crippen LogP contribution in [0.1, 0.15) is 58.3 Å². The first-order valence-corrected chi connectivity index (χ1v) is 6.77. The molecule has 0 amide bonds. The van der Waals surface area contributed by atoms with Crippen molar-refractivity contribution in [1.82, 2.24) is 0 Å². The summed E-state index contributed by atoms with van der Waals surface area (Å²) < 4.78 is 0. The highest BCUT2D eigenvalue weighted by Crippen LogP contribution is 2.87. The zero-order valence-corrected chi connectivity index (χ0v) is 9.39. The van der Waals surface area contributed by atoms with Gasteiger partial charge in [0.1, 0.15) is 0 Å². The second-order valence-corrected chi connectivity index (χ2v) is 6.88. The smallest absolute Gasteiger partial charge is 0.0227 e. The molecule has 4 fully saturated rings. The maximum Gasteiger partial charge on any atom is -0.0227 e. The van der Waals surface area contributed by atoms with Crippen LogP contribution in [0.3, 0.4) is 0 Å². The average molecular weight is 190 g/mol. The van der Waals surface area contributed by atoms with E-state index < -0.39 is 0 Å². The lowest BCUT2D eigenvalue weighted by atomic mass is 9.87. The lowest BCUT2D eigenvalue weighted by Gasteiger charge is -2.18. The molecule has 0 aliphatic heterocycles. The molecule has 1 spiro atoms. The molecule has 14 heavy (non-hydrogen) atoms. The van der Waals surface area contributed by atoms with E-state index in [1.807, 2.05) is 0 Å². The maximum atomic E-state index is 2.60. The Labute approximate surface area is 87.5 Å². The SMILES string of the molecule is C[C@@]12C[C@@H]1CC13CCCCCC[C@H]1[C@@H]32. The molecular weight excluding hydrogens is 168 g/mol. The predicted molar refractivity (Wildman–Crippen MR) is 57.9 cm³/mol. The van der Waals surface area contributed by atoms with Crippen LogP contribution in [0.15, 0.2) is 0 Å². The second kappa shape index (κ2) is 2.23. The van der Waals surface area contributed by atoms with Gasteiger partial charge in [0.25, 0.3) is 0 Å². The summed E-state index contributed by atoms with van der Waals surface area (Å²) in [4.78, 5) is 0. The van der Waals surface area contributed by atoms with Gasteiger partial charge < -0.3 is 0 Å². The minimum absolute atomic E-state index is 0.856. The van der Waals surface area contributed by atoms with E-state index >= 15 is 0 Å². The molecule has 0 aromatic rings. The van der Waals surface area contributed by atoms with Gasteiger partial charge >= 0.3 is 0 Å². The Morgan fingerprint density at radius 3 is 2.79 bits per heavy atom. The molecule has 4 aliphatic carbocycles. The summed E-state index contributed by atoms with van der Waals surface area (Å²) in [6.07, 6.45) is 12.6. The van der Waals surface area contributed by atoms with Crippen LogP contribution in [0.25, 0.3) is 0 Å². The lowest BCUT2D eigenvalue weighted by molar-refractivity contribution is 0.328.